The van der Waals surface area contributed by atoms with E-state index >= 15 is 0 Å². The van der Waals surface area contributed by atoms with Gasteiger partial charge in [0, 0.05) is 6.42 Å². The largest absolute Gasteiger partial charge is 0.349 e. The van der Waals surface area contributed by atoms with Gasteiger partial charge in [0.05, 0.1) is 6.04 Å². The van der Waals surface area contributed by atoms with Crippen LogP contribution in [0.1, 0.15) is 59.2 Å². The molecule has 0 fully saturated rings. The predicted molar refractivity (Wildman–Crippen MR) is 101 cm³/mol. The van der Waals surface area contributed by atoms with E-state index in [0.717, 1.165) is 12.8 Å². The number of benzene rings is 2. The number of nitrogens with one attached hydrogen (secondary N) is 1. The average Bonchev–Trinajstić information content (AvgIpc) is 2.54. The summed E-state index contributed by atoms with van der Waals surface area (Å²) in [7, 11) is 0. The van der Waals surface area contributed by atoms with Gasteiger partial charge in [0.15, 0.2) is 0 Å². The van der Waals surface area contributed by atoms with Crippen LogP contribution in [-0.4, -0.2) is 5.91 Å². The zero-order chi connectivity index (χ0) is 17.7. The molecule has 0 unspecified atom stereocenters. The third-order valence-electron chi connectivity index (χ3n) is 4.76. The summed E-state index contributed by atoms with van der Waals surface area (Å²) >= 11 is 0. The molecule has 1 atom stereocenters. The molecule has 0 saturated heterocycles. The zero-order valence-corrected chi connectivity index (χ0v) is 15.6. The number of amides is 1. The molecule has 24 heavy (non-hydrogen) atoms. The number of hydrogen-bond donors (Lipinski definition) is 1. The van der Waals surface area contributed by atoms with E-state index < -0.39 is 0 Å². The van der Waals surface area contributed by atoms with E-state index in [2.05, 4.69) is 76.3 Å². The van der Waals surface area contributed by atoms with Crippen LogP contribution in [0, 0.1) is 27.7 Å². The Morgan fingerprint density at radius 1 is 0.958 bits per heavy atom. The van der Waals surface area contributed by atoms with Crippen LogP contribution < -0.4 is 5.32 Å². The van der Waals surface area contributed by atoms with Crippen molar-refractivity contribution in [2.75, 3.05) is 0 Å². The number of hydrogen-bond acceptors (Lipinski definition) is 1. The molecule has 0 saturated carbocycles. The van der Waals surface area contributed by atoms with E-state index in [1.54, 1.807) is 0 Å². The minimum absolute atomic E-state index is 0.0952. The van der Waals surface area contributed by atoms with E-state index in [1.807, 2.05) is 0 Å². The molecule has 1 amide bonds. The van der Waals surface area contributed by atoms with Crippen molar-refractivity contribution < 1.29 is 4.79 Å². The lowest BCUT2D eigenvalue weighted by molar-refractivity contribution is -0.121. The van der Waals surface area contributed by atoms with Crippen LogP contribution in [0.4, 0.5) is 0 Å². The molecule has 0 bridgehead atoms. The van der Waals surface area contributed by atoms with E-state index in [1.165, 1.54) is 33.4 Å². The van der Waals surface area contributed by atoms with Crippen molar-refractivity contribution in [1.82, 2.24) is 5.32 Å². The van der Waals surface area contributed by atoms with E-state index in [0.29, 0.717) is 6.42 Å². The summed E-state index contributed by atoms with van der Waals surface area (Å²) in [6.07, 6.45) is 2.22. The SMILES string of the molecule is CC[C@H](NC(=O)CCc1ccc(C)c(C)c1)c1ccc(C)cc1C. The molecule has 0 aliphatic carbocycles. The molecule has 128 valence electrons. The molecule has 2 nitrogen and oxygen atoms in total. The van der Waals surface area contributed by atoms with Crippen molar-refractivity contribution >= 4 is 5.91 Å². The van der Waals surface area contributed by atoms with Gasteiger partial charge >= 0.3 is 0 Å². The Labute approximate surface area is 146 Å². The van der Waals surface area contributed by atoms with Crippen LogP contribution in [0.2, 0.25) is 0 Å². The first-order valence-corrected chi connectivity index (χ1v) is 8.83. The van der Waals surface area contributed by atoms with Crippen LogP contribution in [0.25, 0.3) is 0 Å². The minimum Gasteiger partial charge on any atom is -0.349 e. The van der Waals surface area contributed by atoms with Gasteiger partial charge in [-0.1, -0.05) is 48.9 Å². The van der Waals surface area contributed by atoms with Crippen molar-refractivity contribution in [1.29, 1.82) is 0 Å². The zero-order valence-electron chi connectivity index (χ0n) is 15.6. The smallest absolute Gasteiger partial charge is 0.220 e. The Kier molecular flexibility index (Phi) is 6.19. The molecule has 0 aliphatic rings. The van der Waals surface area contributed by atoms with Crippen LogP contribution >= 0.6 is 0 Å². The van der Waals surface area contributed by atoms with Gasteiger partial charge in [-0.2, -0.15) is 0 Å². The van der Waals surface area contributed by atoms with Crippen molar-refractivity contribution in [3.63, 3.8) is 0 Å². The molecule has 0 aromatic heterocycles. The first-order chi connectivity index (χ1) is 11.4. The maximum atomic E-state index is 12.4. The number of aryl methyl sites for hydroxylation is 5. The van der Waals surface area contributed by atoms with E-state index in [-0.39, 0.29) is 11.9 Å². The highest BCUT2D eigenvalue weighted by Crippen LogP contribution is 2.22. The summed E-state index contributed by atoms with van der Waals surface area (Å²) in [6, 6.07) is 13.0. The van der Waals surface area contributed by atoms with Crippen molar-refractivity contribution in [3.05, 3.63) is 69.8 Å². The molecule has 0 heterocycles. The maximum absolute atomic E-state index is 12.4. The Morgan fingerprint density at radius 3 is 2.33 bits per heavy atom. The fourth-order valence-electron chi connectivity index (χ4n) is 3.10. The highest BCUT2D eigenvalue weighted by molar-refractivity contribution is 5.76. The lowest BCUT2D eigenvalue weighted by atomic mass is 9.97. The summed E-state index contributed by atoms with van der Waals surface area (Å²) in [5, 5.41) is 3.20. The quantitative estimate of drug-likeness (QED) is 0.785. The van der Waals surface area contributed by atoms with Gasteiger partial charge in [-0.05, 0) is 68.4 Å². The van der Waals surface area contributed by atoms with Gasteiger partial charge in [-0.15, -0.1) is 0 Å². The monoisotopic (exact) mass is 323 g/mol. The van der Waals surface area contributed by atoms with Gasteiger partial charge < -0.3 is 5.32 Å². The number of carbonyl (C=O) groups excluding carboxylic acids is 1. The Bertz CT molecular complexity index is 718. The van der Waals surface area contributed by atoms with E-state index in [4.69, 9.17) is 0 Å². The number of carbonyl (C=O) groups is 1. The molecular weight excluding hydrogens is 294 g/mol. The molecule has 2 heteroatoms. The molecule has 0 aliphatic heterocycles. The van der Waals surface area contributed by atoms with Gasteiger partial charge in [0.1, 0.15) is 0 Å². The fraction of sp³-hybridized carbons (Fsp3) is 0.409. The van der Waals surface area contributed by atoms with Crippen LogP contribution in [0.3, 0.4) is 0 Å². The van der Waals surface area contributed by atoms with Crippen LogP contribution in [-0.2, 0) is 11.2 Å². The maximum Gasteiger partial charge on any atom is 0.220 e. The molecule has 0 spiro atoms. The highest BCUT2D eigenvalue weighted by atomic mass is 16.1. The fourth-order valence-corrected chi connectivity index (χ4v) is 3.10. The van der Waals surface area contributed by atoms with Crippen molar-refractivity contribution in [2.24, 2.45) is 0 Å². The molecule has 0 radical (unpaired) electrons. The lowest BCUT2D eigenvalue weighted by Gasteiger charge is -2.20. The molecule has 1 N–H and O–H groups in total. The molecular formula is C22H29NO. The third-order valence-corrected chi connectivity index (χ3v) is 4.76. The molecule has 2 aromatic rings. The summed E-state index contributed by atoms with van der Waals surface area (Å²) in [6.45, 7) is 10.6. The second-order valence-electron chi connectivity index (χ2n) is 6.81. The Morgan fingerprint density at radius 2 is 1.71 bits per heavy atom. The minimum atomic E-state index is 0.0952. The van der Waals surface area contributed by atoms with Crippen molar-refractivity contribution in [3.8, 4) is 0 Å². The van der Waals surface area contributed by atoms with E-state index in [9.17, 15) is 4.79 Å². The second kappa shape index (κ2) is 8.14. The topological polar surface area (TPSA) is 29.1 Å². The molecule has 2 rings (SSSR count). The van der Waals surface area contributed by atoms with Crippen LogP contribution in [0.5, 0.6) is 0 Å². The summed E-state index contributed by atoms with van der Waals surface area (Å²) in [5.74, 6) is 0.125. The van der Waals surface area contributed by atoms with Gasteiger partial charge in [0.25, 0.3) is 0 Å². The first kappa shape index (κ1) is 18.3. The van der Waals surface area contributed by atoms with Crippen molar-refractivity contribution in [2.45, 2.75) is 59.9 Å². The Balaban J connectivity index is 1.97. The second-order valence-corrected chi connectivity index (χ2v) is 6.81. The lowest BCUT2D eigenvalue weighted by Crippen LogP contribution is -2.28. The van der Waals surface area contributed by atoms with Gasteiger partial charge in [-0.3, -0.25) is 4.79 Å². The average molecular weight is 323 g/mol. The number of rotatable bonds is 6. The third kappa shape index (κ3) is 4.70. The first-order valence-electron chi connectivity index (χ1n) is 8.83. The summed E-state index contributed by atoms with van der Waals surface area (Å²) in [4.78, 5) is 12.4. The normalized spacial score (nSPS) is 12.0. The summed E-state index contributed by atoms with van der Waals surface area (Å²) in [5.41, 5.74) is 7.54. The van der Waals surface area contributed by atoms with Crippen LogP contribution in [0.15, 0.2) is 36.4 Å². The van der Waals surface area contributed by atoms with Gasteiger partial charge in [0.2, 0.25) is 5.91 Å². The highest BCUT2D eigenvalue weighted by Gasteiger charge is 2.14. The molecule has 2 aromatic carbocycles. The van der Waals surface area contributed by atoms with Gasteiger partial charge in [-0.25, -0.2) is 0 Å². The predicted octanol–water partition coefficient (Wildman–Crippen LogP) is 5.12. The Hall–Kier alpha value is -2.09. The summed E-state index contributed by atoms with van der Waals surface area (Å²) < 4.78 is 0. The standard InChI is InChI=1S/C22H29NO/c1-6-21(20-11-7-15(2)13-18(20)5)23-22(24)12-10-19-9-8-16(3)17(4)14-19/h7-9,11,13-14,21H,6,10,12H2,1-5H3,(H,23,24)/t21-/m0/s1.